The second kappa shape index (κ2) is 5.71. The highest BCUT2D eigenvalue weighted by atomic mass is 127. The molecule has 1 N–H and O–H groups in total. The van der Waals surface area contributed by atoms with Crippen molar-refractivity contribution in [3.8, 4) is 5.75 Å². The lowest BCUT2D eigenvalue weighted by molar-refractivity contribution is 0.0691. The lowest BCUT2D eigenvalue weighted by atomic mass is 10.1. The minimum atomic E-state index is -0.926. The van der Waals surface area contributed by atoms with E-state index in [2.05, 4.69) is 22.6 Å². The largest absolute Gasteiger partial charge is 0.492 e. The van der Waals surface area contributed by atoms with Crippen molar-refractivity contribution in [2.45, 2.75) is 25.7 Å². The Balaban J connectivity index is 2.06. The molecule has 92 valence electrons. The van der Waals surface area contributed by atoms with Crippen molar-refractivity contribution in [2.24, 2.45) is 5.92 Å². The van der Waals surface area contributed by atoms with Crippen LogP contribution in [0.2, 0.25) is 0 Å². The number of carboxylic acids is 1. The van der Waals surface area contributed by atoms with E-state index >= 15 is 0 Å². The molecule has 0 saturated heterocycles. The Labute approximate surface area is 114 Å². The highest BCUT2D eigenvalue weighted by Crippen LogP contribution is 2.27. The quantitative estimate of drug-likeness (QED) is 0.848. The van der Waals surface area contributed by atoms with Gasteiger partial charge in [-0.25, -0.2) is 4.79 Å². The topological polar surface area (TPSA) is 46.5 Å². The molecule has 3 nitrogen and oxygen atoms in total. The average Bonchev–Trinajstić information content (AvgIpc) is 2.80. The van der Waals surface area contributed by atoms with Crippen LogP contribution in [0.1, 0.15) is 36.0 Å². The number of ether oxygens (including phenoxy) is 1. The molecule has 0 heterocycles. The van der Waals surface area contributed by atoms with Crippen molar-refractivity contribution >= 4 is 28.6 Å². The molecule has 1 fully saturated rings. The van der Waals surface area contributed by atoms with Crippen molar-refractivity contribution in [1.82, 2.24) is 0 Å². The Morgan fingerprint density at radius 2 is 2.12 bits per heavy atom. The monoisotopic (exact) mass is 346 g/mol. The molecular formula is C13H15IO3. The highest BCUT2D eigenvalue weighted by Gasteiger charge is 2.17. The molecule has 1 aliphatic carbocycles. The first-order chi connectivity index (χ1) is 8.16. The summed E-state index contributed by atoms with van der Waals surface area (Å²) in [6, 6.07) is 5.27. The van der Waals surface area contributed by atoms with E-state index in [1.807, 2.05) is 6.07 Å². The SMILES string of the molecule is O=C(O)c1cc(I)ccc1OCC1CCCC1. The van der Waals surface area contributed by atoms with Gasteiger partial charge in [0, 0.05) is 3.57 Å². The lowest BCUT2D eigenvalue weighted by Crippen LogP contribution is -2.10. The Morgan fingerprint density at radius 1 is 1.41 bits per heavy atom. The molecule has 0 unspecified atom stereocenters. The van der Waals surface area contributed by atoms with Gasteiger partial charge in [-0.05, 0) is 59.5 Å². The van der Waals surface area contributed by atoms with Gasteiger partial charge in [0.1, 0.15) is 11.3 Å². The smallest absolute Gasteiger partial charge is 0.339 e. The molecule has 2 rings (SSSR count). The molecule has 1 aromatic rings. The first-order valence-electron chi connectivity index (χ1n) is 5.82. The van der Waals surface area contributed by atoms with Crippen molar-refractivity contribution in [2.75, 3.05) is 6.61 Å². The Morgan fingerprint density at radius 3 is 2.76 bits per heavy atom. The first kappa shape index (κ1) is 12.7. The van der Waals surface area contributed by atoms with Gasteiger partial charge < -0.3 is 9.84 Å². The Bertz CT molecular complexity index is 411. The highest BCUT2D eigenvalue weighted by molar-refractivity contribution is 14.1. The fourth-order valence-corrected chi connectivity index (χ4v) is 2.67. The van der Waals surface area contributed by atoms with E-state index in [4.69, 9.17) is 9.84 Å². The maximum absolute atomic E-state index is 11.1. The zero-order valence-electron chi connectivity index (χ0n) is 9.49. The molecule has 0 aliphatic heterocycles. The van der Waals surface area contributed by atoms with E-state index in [1.165, 1.54) is 25.7 Å². The zero-order valence-corrected chi connectivity index (χ0v) is 11.6. The third-order valence-corrected chi connectivity index (χ3v) is 3.79. The number of hydrogen-bond donors (Lipinski definition) is 1. The summed E-state index contributed by atoms with van der Waals surface area (Å²) in [5.41, 5.74) is 0.259. The van der Waals surface area contributed by atoms with E-state index in [0.29, 0.717) is 18.3 Å². The van der Waals surface area contributed by atoms with Crippen LogP contribution < -0.4 is 4.74 Å². The summed E-state index contributed by atoms with van der Waals surface area (Å²) in [5, 5.41) is 9.10. The minimum Gasteiger partial charge on any atom is -0.492 e. The summed E-state index contributed by atoms with van der Waals surface area (Å²) in [7, 11) is 0. The Kier molecular flexibility index (Phi) is 4.25. The van der Waals surface area contributed by atoms with Gasteiger partial charge in [0.15, 0.2) is 0 Å². The van der Waals surface area contributed by atoms with Crippen LogP contribution in [0.3, 0.4) is 0 Å². The fraction of sp³-hybridized carbons (Fsp3) is 0.462. The molecule has 1 saturated carbocycles. The minimum absolute atomic E-state index is 0.259. The zero-order chi connectivity index (χ0) is 12.3. The standard InChI is InChI=1S/C13H15IO3/c14-10-5-6-12(11(7-10)13(15)16)17-8-9-3-1-2-4-9/h5-7,9H,1-4,8H2,(H,15,16). The van der Waals surface area contributed by atoms with Crippen LogP contribution in [0.25, 0.3) is 0 Å². The van der Waals surface area contributed by atoms with Crippen LogP contribution in [0.15, 0.2) is 18.2 Å². The number of aromatic carboxylic acids is 1. The molecule has 4 heteroatoms. The predicted molar refractivity (Wildman–Crippen MR) is 73.6 cm³/mol. The van der Waals surface area contributed by atoms with Crippen LogP contribution in [-0.4, -0.2) is 17.7 Å². The number of benzene rings is 1. The third kappa shape index (κ3) is 3.34. The van der Waals surface area contributed by atoms with Gasteiger partial charge in [-0.1, -0.05) is 12.8 Å². The predicted octanol–water partition coefficient (Wildman–Crippen LogP) is 3.56. The molecule has 0 amide bonds. The lowest BCUT2D eigenvalue weighted by Gasteiger charge is -2.13. The van der Waals surface area contributed by atoms with E-state index in [9.17, 15) is 4.79 Å². The number of rotatable bonds is 4. The van der Waals surface area contributed by atoms with Crippen molar-refractivity contribution < 1.29 is 14.6 Å². The van der Waals surface area contributed by atoms with Gasteiger partial charge in [0.25, 0.3) is 0 Å². The maximum atomic E-state index is 11.1. The summed E-state index contributed by atoms with van der Waals surface area (Å²) >= 11 is 2.10. The van der Waals surface area contributed by atoms with Crippen LogP contribution >= 0.6 is 22.6 Å². The molecule has 0 aromatic heterocycles. The number of halogens is 1. The summed E-state index contributed by atoms with van der Waals surface area (Å²) in [4.78, 5) is 11.1. The molecular weight excluding hydrogens is 331 g/mol. The summed E-state index contributed by atoms with van der Waals surface area (Å²) < 4.78 is 6.56. The van der Waals surface area contributed by atoms with Crippen LogP contribution in [-0.2, 0) is 0 Å². The van der Waals surface area contributed by atoms with Gasteiger partial charge in [0.2, 0.25) is 0 Å². The first-order valence-corrected chi connectivity index (χ1v) is 6.90. The molecule has 17 heavy (non-hydrogen) atoms. The van der Waals surface area contributed by atoms with Crippen molar-refractivity contribution in [1.29, 1.82) is 0 Å². The second-order valence-electron chi connectivity index (χ2n) is 4.41. The fourth-order valence-electron chi connectivity index (χ4n) is 2.18. The Hall–Kier alpha value is -0.780. The molecule has 0 atom stereocenters. The molecule has 0 spiro atoms. The van der Waals surface area contributed by atoms with Gasteiger partial charge in [-0.15, -0.1) is 0 Å². The summed E-state index contributed by atoms with van der Waals surface area (Å²) in [6.45, 7) is 0.640. The average molecular weight is 346 g/mol. The van der Waals surface area contributed by atoms with Gasteiger partial charge in [0.05, 0.1) is 6.61 Å². The maximum Gasteiger partial charge on any atom is 0.339 e. The van der Waals surface area contributed by atoms with E-state index in [1.54, 1.807) is 12.1 Å². The van der Waals surface area contributed by atoms with Crippen molar-refractivity contribution in [3.63, 3.8) is 0 Å². The number of hydrogen-bond acceptors (Lipinski definition) is 2. The molecule has 0 bridgehead atoms. The molecule has 0 radical (unpaired) electrons. The third-order valence-electron chi connectivity index (χ3n) is 3.12. The summed E-state index contributed by atoms with van der Waals surface area (Å²) in [6.07, 6.45) is 4.94. The second-order valence-corrected chi connectivity index (χ2v) is 5.65. The van der Waals surface area contributed by atoms with Gasteiger partial charge in [-0.2, -0.15) is 0 Å². The van der Waals surface area contributed by atoms with E-state index in [-0.39, 0.29) is 5.56 Å². The normalized spacial score (nSPS) is 16.1. The van der Waals surface area contributed by atoms with Crippen molar-refractivity contribution in [3.05, 3.63) is 27.3 Å². The number of carboxylic acid groups (broad SMARTS) is 1. The summed E-state index contributed by atoms with van der Waals surface area (Å²) in [5.74, 6) is 0.158. The van der Waals surface area contributed by atoms with E-state index < -0.39 is 5.97 Å². The van der Waals surface area contributed by atoms with Crippen LogP contribution in [0.5, 0.6) is 5.75 Å². The molecule has 1 aromatic carbocycles. The van der Waals surface area contributed by atoms with E-state index in [0.717, 1.165) is 3.57 Å². The van der Waals surface area contributed by atoms with Crippen LogP contribution in [0.4, 0.5) is 0 Å². The van der Waals surface area contributed by atoms with Gasteiger partial charge >= 0.3 is 5.97 Å². The number of carbonyl (C=O) groups is 1. The van der Waals surface area contributed by atoms with Gasteiger partial charge in [-0.3, -0.25) is 0 Å². The molecule has 1 aliphatic rings. The van der Waals surface area contributed by atoms with Crippen LogP contribution in [0, 0.1) is 9.49 Å².